The van der Waals surface area contributed by atoms with Crippen molar-refractivity contribution in [3.05, 3.63) is 10.2 Å². The summed E-state index contributed by atoms with van der Waals surface area (Å²) in [7, 11) is 0. The minimum absolute atomic E-state index is 0.319. The fourth-order valence-corrected chi connectivity index (χ4v) is 1.20. The maximum Gasteiger partial charge on any atom is 0.136 e. The quantitative estimate of drug-likeness (QED) is 0.784. The maximum atomic E-state index is 5.76. The monoisotopic (exact) mass is 217 g/mol. The van der Waals surface area contributed by atoms with Crippen LogP contribution in [0.3, 0.4) is 0 Å². The van der Waals surface area contributed by atoms with E-state index < -0.39 is 0 Å². The molecule has 0 atom stereocenters. The Labute approximate surface area is 74.7 Å². The van der Waals surface area contributed by atoms with Gasteiger partial charge in [0.1, 0.15) is 5.82 Å². The van der Waals surface area contributed by atoms with Gasteiger partial charge < -0.3 is 5.73 Å². The second kappa shape index (κ2) is 2.85. The number of anilines is 1. The Morgan fingerprint density at radius 3 is 2.27 bits per heavy atom. The van der Waals surface area contributed by atoms with Crippen molar-refractivity contribution in [3.63, 3.8) is 0 Å². The van der Waals surface area contributed by atoms with Gasteiger partial charge >= 0.3 is 0 Å². The summed E-state index contributed by atoms with van der Waals surface area (Å²) in [5, 5.41) is 4.25. The third kappa shape index (κ3) is 1.40. The second-order valence-corrected chi connectivity index (χ2v) is 3.62. The number of rotatable bonds is 1. The molecule has 0 aliphatic rings. The first-order valence-electron chi connectivity index (χ1n) is 3.54. The van der Waals surface area contributed by atoms with Gasteiger partial charge in [-0.2, -0.15) is 5.10 Å². The van der Waals surface area contributed by atoms with E-state index >= 15 is 0 Å². The van der Waals surface area contributed by atoms with Crippen molar-refractivity contribution in [1.82, 2.24) is 9.78 Å². The average Bonchev–Trinajstić information content (AvgIpc) is 2.17. The molecule has 0 aliphatic carbocycles. The first-order valence-corrected chi connectivity index (χ1v) is 4.33. The molecular formula is C7H12BrN3. The Bertz CT molecular complexity index is 265. The highest BCUT2D eigenvalue weighted by Crippen LogP contribution is 2.25. The van der Waals surface area contributed by atoms with Crippen LogP contribution in [0.2, 0.25) is 0 Å². The van der Waals surface area contributed by atoms with Crippen LogP contribution in [0.15, 0.2) is 4.47 Å². The molecule has 0 aliphatic heterocycles. The Morgan fingerprint density at radius 1 is 1.55 bits per heavy atom. The van der Waals surface area contributed by atoms with E-state index in [-0.39, 0.29) is 0 Å². The third-order valence-corrected chi connectivity index (χ3v) is 2.52. The van der Waals surface area contributed by atoms with Crippen molar-refractivity contribution in [2.45, 2.75) is 26.8 Å². The summed E-state index contributed by atoms with van der Waals surface area (Å²) in [6, 6.07) is 0.319. The lowest BCUT2D eigenvalue weighted by molar-refractivity contribution is 0.537. The number of nitrogens with two attached hydrogens (primary N) is 1. The predicted molar refractivity (Wildman–Crippen MR) is 49.5 cm³/mol. The summed E-state index contributed by atoms with van der Waals surface area (Å²) in [4.78, 5) is 0. The SMILES string of the molecule is Cc1nn(C(C)C)c(N)c1Br. The zero-order chi connectivity index (χ0) is 8.59. The summed E-state index contributed by atoms with van der Waals surface area (Å²) in [5.74, 6) is 0.706. The lowest BCUT2D eigenvalue weighted by atomic mass is 10.4. The highest BCUT2D eigenvalue weighted by atomic mass is 79.9. The lowest BCUT2D eigenvalue weighted by Crippen LogP contribution is -2.06. The summed E-state index contributed by atoms with van der Waals surface area (Å²) in [5.41, 5.74) is 6.70. The summed E-state index contributed by atoms with van der Waals surface area (Å²) in [6.07, 6.45) is 0. The maximum absolute atomic E-state index is 5.76. The topological polar surface area (TPSA) is 43.8 Å². The average molecular weight is 218 g/mol. The number of aromatic nitrogens is 2. The largest absolute Gasteiger partial charge is 0.383 e. The van der Waals surface area contributed by atoms with Crippen LogP contribution in [-0.4, -0.2) is 9.78 Å². The smallest absolute Gasteiger partial charge is 0.136 e. The molecule has 1 aromatic heterocycles. The lowest BCUT2D eigenvalue weighted by Gasteiger charge is -2.06. The molecule has 1 aromatic rings. The molecule has 0 saturated heterocycles. The Kier molecular flexibility index (Phi) is 2.23. The van der Waals surface area contributed by atoms with Gasteiger partial charge in [0.05, 0.1) is 10.2 Å². The number of halogens is 1. The minimum atomic E-state index is 0.319. The number of hydrogen-bond donors (Lipinski definition) is 1. The molecule has 0 amide bonds. The molecule has 0 bridgehead atoms. The summed E-state index contributed by atoms with van der Waals surface area (Å²) >= 11 is 3.36. The molecule has 0 saturated carbocycles. The van der Waals surface area contributed by atoms with Crippen LogP contribution >= 0.6 is 15.9 Å². The standard InChI is InChI=1S/C7H12BrN3/c1-4(2)11-7(9)6(8)5(3)10-11/h4H,9H2,1-3H3. The molecule has 11 heavy (non-hydrogen) atoms. The highest BCUT2D eigenvalue weighted by Gasteiger charge is 2.10. The van der Waals surface area contributed by atoms with E-state index in [1.165, 1.54) is 0 Å². The van der Waals surface area contributed by atoms with Gasteiger partial charge in [0.15, 0.2) is 0 Å². The molecule has 0 aromatic carbocycles. The van der Waals surface area contributed by atoms with E-state index in [0.29, 0.717) is 11.9 Å². The molecule has 4 heteroatoms. The zero-order valence-electron chi connectivity index (χ0n) is 6.93. The molecule has 1 heterocycles. The second-order valence-electron chi connectivity index (χ2n) is 2.82. The van der Waals surface area contributed by atoms with Gasteiger partial charge in [-0.1, -0.05) is 0 Å². The van der Waals surface area contributed by atoms with Gasteiger partial charge in [-0.05, 0) is 36.7 Å². The van der Waals surface area contributed by atoms with E-state index in [1.54, 1.807) is 4.68 Å². The van der Waals surface area contributed by atoms with E-state index in [9.17, 15) is 0 Å². The van der Waals surface area contributed by atoms with Gasteiger partial charge in [0.2, 0.25) is 0 Å². The first kappa shape index (κ1) is 8.59. The molecule has 0 fully saturated rings. The van der Waals surface area contributed by atoms with Crippen molar-refractivity contribution in [1.29, 1.82) is 0 Å². The molecule has 62 valence electrons. The van der Waals surface area contributed by atoms with Gasteiger partial charge in [-0.15, -0.1) is 0 Å². The first-order chi connectivity index (χ1) is 5.04. The van der Waals surface area contributed by atoms with Crippen LogP contribution in [0.1, 0.15) is 25.6 Å². The number of hydrogen-bond acceptors (Lipinski definition) is 2. The van der Waals surface area contributed by atoms with Crippen molar-refractivity contribution in [3.8, 4) is 0 Å². The van der Waals surface area contributed by atoms with Gasteiger partial charge in [0.25, 0.3) is 0 Å². The molecule has 1 rings (SSSR count). The normalized spacial score (nSPS) is 11.0. The van der Waals surface area contributed by atoms with Crippen LogP contribution in [0.5, 0.6) is 0 Å². The van der Waals surface area contributed by atoms with E-state index in [2.05, 4.69) is 34.9 Å². The minimum Gasteiger partial charge on any atom is -0.383 e. The number of aryl methyl sites for hydroxylation is 1. The Balaban J connectivity index is 3.19. The number of nitrogens with zero attached hydrogens (tertiary/aromatic N) is 2. The van der Waals surface area contributed by atoms with Gasteiger partial charge in [-0.25, -0.2) is 4.68 Å². The summed E-state index contributed by atoms with van der Waals surface area (Å²) < 4.78 is 2.71. The Hall–Kier alpha value is -0.510. The van der Waals surface area contributed by atoms with Gasteiger partial charge in [0, 0.05) is 6.04 Å². The molecule has 0 spiro atoms. The van der Waals surface area contributed by atoms with Crippen LogP contribution in [0.4, 0.5) is 5.82 Å². The molecule has 2 N–H and O–H groups in total. The molecule has 0 unspecified atom stereocenters. The van der Waals surface area contributed by atoms with Gasteiger partial charge in [-0.3, -0.25) is 0 Å². The Morgan fingerprint density at radius 2 is 2.09 bits per heavy atom. The molecule has 0 radical (unpaired) electrons. The van der Waals surface area contributed by atoms with E-state index in [1.807, 2.05) is 6.92 Å². The fraction of sp³-hybridized carbons (Fsp3) is 0.571. The van der Waals surface area contributed by atoms with Crippen molar-refractivity contribution < 1.29 is 0 Å². The van der Waals surface area contributed by atoms with E-state index in [0.717, 1.165) is 10.2 Å². The van der Waals surface area contributed by atoms with Crippen LogP contribution < -0.4 is 5.73 Å². The van der Waals surface area contributed by atoms with Crippen molar-refractivity contribution in [2.75, 3.05) is 5.73 Å². The fourth-order valence-electron chi connectivity index (χ4n) is 0.939. The number of nitrogen functional groups attached to an aromatic ring is 1. The highest BCUT2D eigenvalue weighted by molar-refractivity contribution is 9.10. The zero-order valence-corrected chi connectivity index (χ0v) is 8.51. The van der Waals surface area contributed by atoms with Crippen LogP contribution in [-0.2, 0) is 0 Å². The third-order valence-electron chi connectivity index (χ3n) is 1.54. The predicted octanol–water partition coefficient (Wildman–Crippen LogP) is 2.12. The van der Waals surface area contributed by atoms with Crippen molar-refractivity contribution in [2.24, 2.45) is 0 Å². The summed E-state index contributed by atoms with van der Waals surface area (Å²) in [6.45, 7) is 6.03. The van der Waals surface area contributed by atoms with Crippen LogP contribution in [0.25, 0.3) is 0 Å². The molecule has 3 nitrogen and oxygen atoms in total. The van der Waals surface area contributed by atoms with E-state index in [4.69, 9.17) is 5.73 Å². The van der Waals surface area contributed by atoms with Crippen molar-refractivity contribution >= 4 is 21.7 Å². The molecular weight excluding hydrogens is 206 g/mol. The van der Waals surface area contributed by atoms with Crippen LogP contribution in [0, 0.1) is 6.92 Å².